The highest BCUT2D eigenvalue weighted by Gasteiger charge is 2.47. The SMILES string of the molecule is O=C([C@@H]1C[C@H]1c1ccccc1)N1CCCC[C@H]1c1nccs1. The van der Waals surface area contributed by atoms with Crippen LogP contribution in [0.1, 0.15) is 48.2 Å². The van der Waals surface area contributed by atoms with Crippen LogP contribution in [0.3, 0.4) is 0 Å². The van der Waals surface area contributed by atoms with E-state index in [0.29, 0.717) is 11.8 Å². The monoisotopic (exact) mass is 312 g/mol. The zero-order valence-corrected chi connectivity index (χ0v) is 13.3. The van der Waals surface area contributed by atoms with Gasteiger partial charge in [0.2, 0.25) is 5.91 Å². The number of aromatic nitrogens is 1. The molecule has 2 fully saturated rings. The van der Waals surface area contributed by atoms with E-state index in [1.54, 1.807) is 11.3 Å². The van der Waals surface area contributed by atoms with E-state index in [2.05, 4.69) is 34.1 Å². The van der Waals surface area contributed by atoms with Crippen LogP contribution in [0.2, 0.25) is 0 Å². The largest absolute Gasteiger partial charge is 0.333 e. The van der Waals surface area contributed by atoms with Crippen LogP contribution in [0, 0.1) is 5.92 Å². The van der Waals surface area contributed by atoms with Crippen LogP contribution < -0.4 is 0 Å². The summed E-state index contributed by atoms with van der Waals surface area (Å²) in [5, 5.41) is 3.11. The maximum absolute atomic E-state index is 13.0. The third kappa shape index (κ3) is 2.56. The van der Waals surface area contributed by atoms with E-state index >= 15 is 0 Å². The van der Waals surface area contributed by atoms with Crippen molar-refractivity contribution in [2.45, 2.75) is 37.6 Å². The summed E-state index contributed by atoms with van der Waals surface area (Å²) in [5.41, 5.74) is 1.31. The number of benzene rings is 1. The summed E-state index contributed by atoms with van der Waals surface area (Å²) in [7, 11) is 0. The second kappa shape index (κ2) is 5.84. The lowest BCUT2D eigenvalue weighted by molar-refractivity contribution is -0.136. The minimum absolute atomic E-state index is 0.183. The smallest absolute Gasteiger partial charge is 0.226 e. The van der Waals surface area contributed by atoms with Gasteiger partial charge in [-0.3, -0.25) is 4.79 Å². The third-order valence-corrected chi connectivity index (χ3v) is 5.73. The van der Waals surface area contributed by atoms with Crippen LogP contribution in [0.15, 0.2) is 41.9 Å². The Balaban J connectivity index is 1.50. The van der Waals surface area contributed by atoms with E-state index < -0.39 is 0 Å². The maximum Gasteiger partial charge on any atom is 0.226 e. The molecule has 3 nitrogen and oxygen atoms in total. The molecule has 1 amide bonds. The number of nitrogens with zero attached hydrogens (tertiary/aromatic N) is 2. The number of hydrogen-bond acceptors (Lipinski definition) is 3. The van der Waals surface area contributed by atoms with Gasteiger partial charge in [0.15, 0.2) is 0 Å². The number of thiazole rings is 1. The molecule has 1 aromatic carbocycles. The molecule has 1 saturated heterocycles. The van der Waals surface area contributed by atoms with Crippen LogP contribution in [0.5, 0.6) is 0 Å². The lowest BCUT2D eigenvalue weighted by Crippen LogP contribution is -2.39. The number of piperidine rings is 1. The van der Waals surface area contributed by atoms with E-state index in [1.807, 2.05) is 17.6 Å². The van der Waals surface area contributed by atoms with Gasteiger partial charge in [-0.05, 0) is 37.2 Å². The second-order valence-corrected chi connectivity index (χ2v) is 7.20. The lowest BCUT2D eigenvalue weighted by Gasteiger charge is -2.34. The summed E-state index contributed by atoms with van der Waals surface area (Å²) in [5.74, 6) is 0.948. The molecule has 0 N–H and O–H groups in total. The van der Waals surface area contributed by atoms with Crippen molar-refractivity contribution in [3.05, 3.63) is 52.5 Å². The predicted molar refractivity (Wildman–Crippen MR) is 87.7 cm³/mol. The number of carbonyl (C=O) groups excluding carboxylic acids is 1. The number of rotatable bonds is 3. The first kappa shape index (κ1) is 13.9. The van der Waals surface area contributed by atoms with Gasteiger partial charge in [0.25, 0.3) is 0 Å². The molecule has 1 aliphatic heterocycles. The van der Waals surface area contributed by atoms with Crippen LogP contribution in [0.4, 0.5) is 0 Å². The first-order valence-corrected chi connectivity index (χ1v) is 8.97. The molecular weight excluding hydrogens is 292 g/mol. The Morgan fingerprint density at radius 2 is 2.09 bits per heavy atom. The van der Waals surface area contributed by atoms with Gasteiger partial charge in [0, 0.05) is 24.0 Å². The van der Waals surface area contributed by atoms with Crippen LogP contribution in [-0.2, 0) is 4.79 Å². The van der Waals surface area contributed by atoms with Gasteiger partial charge >= 0.3 is 0 Å². The van der Waals surface area contributed by atoms with E-state index in [1.165, 1.54) is 12.0 Å². The molecule has 1 saturated carbocycles. The Hall–Kier alpha value is -1.68. The molecule has 4 heteroatoms. The van der Waals surface area contributed by atoms with Crippen molar-refractivity contribution in [2.24, 2.45) is 5.92 Å². The van der Waals surface area contributed by atoms with E-state index in [9.17, 15) is 4.79 Å². The van der Waals surface area contributed by atoms with Gasteiger partial charge in [-0.1, -0.05) is 30.3 Å². The maximum atomic E-state index is 13.0. The normalized spacial score (nSPS) is 27.6. The highest BCUT2D eigenvalue weighted by atomic mass is 32.1. The number of amides is 1. The third-order valence-electron chi connectivity index (χ3n) is 4.86. The highest BCUT2D eigenvalue weighted by molar-refractivity contribution is 7.09. The molecule has 1 aromatic heterocycles. The summed E-state index contributed by atoms with van der Waals surface area (Å²) in [6.45, 7) is 0.890. The fourth-order valence-electron chi connectivity index (χ4n) is 3.60. The minimum Gasteiger partial charge on any atom is -0.333 e. The van der Waals surface area contributed by atoms with Crippen molar-refractivity contribution in [1.82, 2.24) is 9.88 Å². The van der Waals surface area contributed by atoms with Crippen molar-refractivity contribution in [3.8, 4) is 0 Å². The number of hydrogen-bond donors (Lipinski definition) is 0. The Kier molecular flexibility index (Phi) is 3.70. The number of likely N-dealkylation sites (tertiary alicyclic amines) is 1. The van der Waals surface area contributed by atoms with Gasteiger partial charge in [0.1, 0.15) is 5.01 Å². The summed E-state index contributed by atoms with van der Waals surface area (Å²) in [4.78, 5) is 19.5. The van der Waals surface area contributed by atoms with Crippen molar-refractivity contribution >= 4 is 17.2 Å². The molecule has 2 heterocycles. The van der Waals surface area contributed by atoms with Crippen molar-refractivity contribution in [3.63, 3.8) is 0 Å². The number of carbonyl (C=O) groups is 1. The van der Waals surface area contributed by atoms with E-state index in [0.717, 1.165) is 30.8 Å². The van der Waals surface area contributed by atoms with Gasteiger partial charge < -0.3 is 4.90 Å². The fourth-order valence-corrected chi connectivity index (χ4v) is 4.39. The average Bonchev–Trinajstić information content (AvgIpc) is 3.20. The zero-order valence-electron chi connectivity index (χ0n) is 12.5. The summed E-state index contributed by atoms with van der Waals surface area (Å²) in [6, 6.07) is 10.7. The first-order chi connectivity index (χ1) is 10.8. The predicted octanol–water partition coefficient (Wildman–Crippen LogP) is 4.00. The van der Waals surface area contributed by atoms with Crippen LogP contribution in [0.25, 0.3) is 0 Å². The Labute approximate surface area is 135 Å². The topological polar surface area (TPSA) is 33.2 Å². The molecule has 2 aromatic rings. The molecule has 114 valence electrons. The molecular formula is C18H20N2OS. The molecule has 4 rings (SSSR count). The first-order valence-electron chi connectivity index (χ1n) is 8.09. The van der Waals surface area contributed by atoms with E-state index in [-0.39, 0.29) is 12.0 Å². The second-order valence-electron chi connectivity index (χ2n) is 6.27. The van der Waals surface area contributed by atoms with E-state index in [4.69, 9.17) is 0 Å². The quantitative estimate of drug-likeness (QED) is 0.858. The summed E-state index contributed by atoms with van der Waals surface area (Å²) in [6.07, 6.45) is 6.23. The average molecular weight is 312 g/mol. The molecule has 0 spiro atoms. The highest BCUT2D eigenvalue weighted by Crippen LogP contribution is 2.49. The molecule has 0 radical (unpaired) electrons. The Morgan fingerprint density at radius 1 is 1.23 bits per heavy atom. The standard InChI is InChI=1S/C18H20N2OS/c21-18(15-12-14(15)13-6-2-1-3-7-13)20-10-5-4-8-16(20)17-19-9-11-22-17/h1-3,6-7,9,11,14-16H,4-5,8,10,12H2/t14-,15+,16-/m0/s1. The van der Waals surface area contributed by atoms with Gasteiger partial charge in [-0.15, -0.1) is 11.3 Å². The summed E-state index contributed by atoms with van der Waals surface area (Å²) < 4.78 is 0. The Bertz CT molecular complexity index is 640. The van der Waals surface area contributed by atoms with Crippen LogP contribution in [-0.4, -0.2) is 22.3 Å². The zero-order chi connectivity index (χ0) is 14.9. The van der Waals surface area contributed by atoms with Gasteiger partial charge in [-0.2, -0.15) is 0 Å². The molecule has 0 unspecified atom stereocenters. The van der Waals surface area contributed by atoms with Crippen molar-refractivity contribution < 1.29 is 4.79 Å². The fraction of sp³-hybridized carbons (Fsp3) is 0.444. The lowest BCUT2D eigenvalue weighted by atomic mass is 10.0. The Morgan fingerprint density at radius 3 is 2.86 bits per heavy atom. The van der Waals surface area contributed by atoms with Crippen LogP contribution >= 0.6 is 11.3 Å². The molecule has 0 bridgehead atoms. The van der Waals surface area contributed by atoms with Gasteiger partial charge in [-0.25, -0.2) is 4.98 Å². The molecule has 22 heavy (non-hydrogen) atoms. The van der Waals surface area contributed by atoms with Crippen molar-refractivity contribution in [1.29, 1.82) is 0 Å². The molecule has 1 aliphatic carbocycles. The molecule has 2 aliphatic rings. The van der Waals surface area contributed by atoms with Gasteiger partial charge in [0.05, 0.1) is 6.04 Å². The van der Waals surface area contributed by atoms with Crippen molar-refractivity contribution in [2.75, 3.05) is 6.54 Å². The summed E-state index contributed by atoms with van der Waals surface area (Å²) >= 11 is 1.67. The molecule has 3 atom stereocenters. The minimum atomic E-state index is 0.183.